The van der Waals surface area contributed by atoms with Crippen LogP contribution in [0.15, 0.2) is 0 Å². The zero-order valence-corrected chi connectivity index (χ0v) is 8.92. The number of halogens is 2. The Bertz CT molecular complexity index is 7.61. The van der Waals surface area contributed by atoms with E-state index in [1.165, 1.54) is 0 Å². The molecule has 0 bridgehead atoms. The standard InChI is InChI=1S/2BrH.Hf.2H2O/h2*1H;;2*1H2/q;;+4;;/p-4. The molecule has 0 unspecified atom stereocenters. The number of hydrogen-bond donors (Lipinski definition) is 0. The molecule has 2 N–H and O–H groups in total. The summed E-state index contributed by atoms with van der Waals surface area (Å²) in [6, 6.07) is 0. The predicted molar refractivity (Wildman–Crippen MR) is 3.87 cm³/mol. The van der Waals surface area contributed by atoms with Gasteiger partial charge in [-0.15, -0.1) is 0 Å². The molecule has 2 nitrogen and oxygen atoms in total. The average Bonchev–Trinajstić information content (AvgIpc) is 0. The Hall–Kier alpha value is 1.75. The van der Waals surface area contributed by atoms with Gasteiger partial charge in [-0.2, -0.15) is 0 Å². The summed E-state index contributed by atoms with van der Waals surface area (Å²) in [5.74, 6) is 0. The SMILES string of the molecule is [Br-].[Br-].[Hf+4].[OH-].[OH-]. The Morgan fingerprint density at radius 3 is 0.600 bits per heavy atom. The van der Waals surface area contributed by atoms with E-state index in [0.29, 0.717) is 0 Å². The van der Waals surface area contributed by atoms with Gasteiger partial charge in [-0.05, 0) is 0 Å². The van der Waals surface area contributed by atoms with Crippen molar-refractivity contribution in [2.75, 3.05) is 0 Å². The fourth-order valence-corrected chi connectivity index (χ4v) is 0. The van der Waals surface area contributed by atoms with Gasteiger partial charge in [0.2, 0.25) is 0 Å². The molecular weight excluding hydrogens is 370 g/mol. The van der Waals surface area contributed by atoms with Gasteiger partial charge in [-0.1, -0.05) is 0 Å². The van der Waals surface area contributed by atoms with Crippen LogP contribution in [0.3, 0.4) is 0 Å². The van der Waals surface area contributed by atoms with E-state index >= 15 is 0 Å². The van der Waals surface area contributed by atoms with Gasteiger partial charge in [0.15, 0.2) is 0 Å². The van der Waals surface area contributed by atoms with Gasteiger partial charge in [-0.3, -0.25) is 0 Å². The molecule has 0 rings (SSSR count). The van der Waals surface area contributed by atoms with Crippen LogP contribution in [-0.2, 0) is 25.8 Å². The summed E-state index contributed by atoms with van der Waals surface area (Å²) in [5.41, 5.74) is 0. The Labute approximate surface area is 70.3 Å². The maximum Gasteiger partial charge on any atom is 4.00 e. The molecule has 32 valence electrons. The first-order chi connectivity index (χ1) is 0. The van der Waals surface area contributed by atoms with Crippen molar-refractivity contribution in [3.05, 3.63) is 0 Å². The fraction of sp³-hybridized carbons (Fsp3) is 0. The molecule has 0 heterocycles. The molecule has 0 aliphatic rings. The van der Waals surface area contributed by atoms with Crippen LogP contribution in [0.4, 0.5) is 0 Å². The van der Waals surface area contributed by atoms with Gasteiger partial charge < -0.3 is 44.9 Å². The van der Waals surface area contributed by atoms with E-state index in [-0.39, 0.29) is 70.8 Å². The predicted octanol–water partition coefficient (Wildman–Crippen LogP) is -6.35. The minimum Gasteiger partial charge on any atom is -1.00 e. The molecule has 0 amide bonds. The number of rotatable bonds is 0. The van der Waals surface area contributed by atoms with E-state index in [9.17, 15) is 0 Å². The molecule has 5 heteroatoms. The van der Waals surface area contributed by atoms with Crippen LogP contribution in [-0.4, -0.2) is 11.0 Å². The first kappa shape index (κ1) is 72.9. The van der Waals surface area contributed by atoms with Crippen molar-refractivity contribution >= 4 is 0 Å². The second kappa shape index (κ2) is 42.4. The summed E-state index contributed by atoms with van der Waals surface area (Å²) in [7, 11) is 0. The zero-order chi connectivity index (χ0) is 0. The fourth-order valence-electron chi connectivity index (χ4n) is 0. The van der Waals surface area contributed by atoms with Crippen LogP contribution < -0.4 is 34.0 Å². The number of hydrogen-bond acceptors (Lipinski definition) is 2. The topological polar surface area (TPSA) is 60.0 Å². The molecule has 0 aromatic carbocycles. The van der Waals surface area contributed by atoms with E-state index < -0.39 is 0 Å². The van der Waals surface area contributed by atoms with E-state index in [1.807, 2.05) is 0 Å². The van der Waals surface area contributed by atoms with E-state index in [1.54, 1.807) is 0 Å². The van der Waals surface area contributed by atoms with Crippen LogP contribution in [0.5, 0.6) is 0 Å². The van der Waals surface area contributed by atoms with Crippen LogP contribution in [0.25, 0.3) is 0 Å². The molecule has 0 radical (unpaired) electrons. The summed E-state index contributed by atoms with van der Waals surface area (Å²) >= 11 is 0. The Kier molecular flexibility index (Phi) is 617. The van der Waals surface area contributed by atoms with E-state index in [0.717, 1.165) is 0 Å². The smallest absolute Gasteiger partial charge is 1.00 e. The maximum absolute atomic E-state index is 0. The second-order valence-electron chi connectivity index (χ2n) is 0. The van der Waals surface area contributed by atoms with Gasteiger partial charge in [-0.25, -0.2) is 0 Å². The molecule has 0 atom stereocenters. The minimum absolute atomic E-state index is 0. The zero-order valence-electron chi connectivity index (χ0n) is 2.15. The second-order valence-corrected chi connectivity index (χ2v) is 0. The summed E-state index contributed by atoms with van der Waals surface area (Å²) in [4.78, 5) is 0. The minimum atomic E-state index is 0. The van der Waals surface area contributed by atoms with Crippen LogP contribution in [0.1, 0.15) is 0 Å². The van der Waals surface area contributed by atoms with Gasteiger partial charge in [0, 0.05) is 0 Å². The van der Waals surface area contributed by atoms with Gasteiger partial charge >= 0.3 is 25.8 Å². The van der Waals surface area contributed by atoms with Gasteiger partial charge in [0.25, 0.3) is 0 Å². The van der Waals surface area contributed by atoms with Crippen LogP contribution in [0.2, 0.25) is 0 Å². The maximum atomic E-state index is 0. The first-order valence-electron chi connectivity index (χ1n) is 0. The summed E-state index contributed by atoms with van der Waals surface area (Å²) in [6.07, 6.45) is 0. The van der Waals surface area contributed by atoms with Crippen molar-refractivity contribution in [2.45, 2.75) is 0 Å². The average molecular weight is 372 g/mol. The molecule has 0 spiro atoms. The third-order valence-corrected chi connectivity index (χ3v) is 0. The Morgan fingerprint density at radius 1 is 0.600 bits per heavy atom. The van der Waals surface area contributed by atoms with Crippen molar-refractivity contribution in [1.29, 1.82) is 0 Å². The Morgan fingerprint density at radius 2 is 0.600 bits per heavy atom. The largest absolute Gasteiger partial charge is 4.00 e. The molecule has 0 saturated carbocycles. The van der Waals surface area contributed by atoms with Gasteiger partial charge in [0.05, 0.1) is 0 Å². The van der Waals surface area contributed by atoms with Crippen LogP contribution in [0, 0.1) is 0 Å². The molecule has 0 saturated heterocycles. The summed E-state index contributed by atoms with van der Waals surface area (Å²) < 4.78 is 0. The molecule has 0 aromatic rings. The molecule has 0 aliphatic carbocycles. The first-order valence-corrected chi connectivity index (χ1v) is 0. The quantitative estimate of drug-likeness (QED) is 0.397. The summed E-state index contributed by atoms with van der Waals surface area (Å²) in [6.45, 7) is 0. The van der Waals surface area contributed by atoms with Crippen molar-refractivity contribution in [3.8, 4) is 0 Å². The third-order valence-electron chi connectivity index (χ3n) is 0. The normalized spacial score (nSPS) is 0. The van der Waals surface area contributed by atoms with E-state index in [4.69, 9.17) is 0 Å². The molecular formula is H2Br2HfO2. The molecule has 0 aliphatic heterocycles. The molecule has 0 fully saturated rings. The third kappa shape index (κ3) is 26.4. The van der Waals surface area contributed by atoms with Crippen molar-refractivity contribution < 1.29 is 70.8 Å². The van der Waals surface area contributed by atoms with Crippen molar-refractivity contribution in [2.24, 2.45) is 0 Å². The molecule has 5 heavy (non-hydrogen) atoms. The summed E-state index contributed by atoms with van der Waals surface area (Å²) in [5, 5.41) is 0. The van der Waals surface area contributed by atoms with Crippen molar-refractivity contribution in [3.63, 3.8) is 0 Å². The van der Waals surface area contributed by atoms with E-state index in [2.05, 4.69) is 0 Å². The van der Waals surface area contributed by atoms with Crippen LogP contribution >= 0.6 is 0 Å². The van der Waals surface area contributed by atoms with Gasteiger partial charge in [0.1, 0.15) is 0 Å². The van der Waals surface area contributed by atoms with Crippen molar-refractivity contribution in [1.82, 2.24) is 0 Å². The molecule has 0 aromatic heterocycles. The monoisotopic (exact) mass is 372 g/mol. The Balaban J connectivity index is 0.